The molecule has 4 N–H and O–H groups in total. The number of hydrogen-bond acceptors (Lipinski definition) is 4. The zero-order valence-corrected chi connectivity index (χ0v) is 10.8. The Morgan fingerprint density at radius 2 is 1.47 bits per heavy atom. The highest BCUT2D eigenvalue weighted by molar-refractivity contribution is 8.01. The lowest BCUT2D eigenvalue weighted by atomic mass is 10.1. The van der Waals surface area contributed by atoms with Gasteiger partial charge >= 0.3 is 0 Å². The largest absolute Gasteiger partial charge is 0.399 e. The lowest BCUT2D eigenvalue weighted by Gasteiger charge is -2.05. The van der Waals surface area contributed by atoms with Crippen LogP contribution in [0.15, 0.2) is 47.4 Å². The molecule has 19 heavy (non-hydrogen) atoms. The van der Waals surface area contributed by atoms with Crippen LogP contribution in [0.3, 0.4) is 0 Å². The minimum atomic E-state index is -3.49. The Bertz CT molecular complexity index is 791. The van der Waals surface area contributed by atoms with E-state index in [-0.39, 0.29) is 9.80 Å². The summed E-state index contributed by atoms with van der Waals surface area (Å²) < 4.78 is 24.9. The summed E-state index contributed by atoms with van der Waals surface area (Å²) in [5.74, 6) is 0. The van der Waals surface area contributed by atoms with Gasteiger partial charge in [0.05, 0.1) is 9.80 Å². The summed E-state index contributed by atoms with van der Waals surface area (Å²) in [5, 5.41) is 0. The molecule has 5 heteroatoms. The van der Waals surface area contributed by atoms with Crippen LogP contribution >= 0.6 is 0 Å². The summed E-state index contributed by atoms with van der Waals surface area (Å²) in [6, 6.07) is 11.7. The van der Waals surface area contributed by atoms with E-state index in [1.54, 1.807) is 42.5 Å². The van der Waals surface area contributed by atoms with Gasteiger partial charge in [-0.1, -0.05) is 18.2 Å². The summed E-state index contributed by atoms with van der Waals surface area (Å²) in [6.07, 6.45) is 1.66. The number of nitrogens with two attached hydrogens (primary N) is 2. The molecule has 0 unspecified atom stereocenters. The zero-order chi connectivity index (χ0) is 13.6. The number of rotatable bonds is 1. The van der Waals surface area contributed by atoms with Gasteiger partial charge in [-0.25, -0.2) is 8.42 Å². The van der Waals surface area contributed by atoms with Gasteiger partial charge in [0.25, 0.3) is 0 Å². The second kappa shape index (κ2) is 3.86. The molecule has 0 spiro atoms. The number of fused-ring (bicyclic) bond motifs is 1. The fourth-order valence-corrected chi connectivity index (χ4v) is 3.82. The van der Waals surface area contributed by atoms with Gasteiger partial charge in [0, 0.05) is 11.4 Å². The van der Waals surface area contributed by atoms with Gasteiger partial charge in [-0.2, -0.15) is 0 Å². The predicted molar refractivity (Wildman–Crippen MR) is 76.8 cm³/mol. The lowest BCUT2D eigenvalue weighted by molar-refractivity contribution is 0.606. The van der Waals surface area contributed by atoms with E-state index in [0.29, 0.717) is 22.5 Å². The molecule has 0 amide bonds. The Balaban J connectivity index is 2.19. The molecule has 1 heterocycles. The minimum Gasteiger partial charge on any atom is -0.399 e. The van der Waals surface area contributed by atoms with Crippen molar-refractivity contribution in [3.8, 4) is 0 Å². The van der Waals surface area contributed by atoms with Crippen molar-refractivity contribution < 1.29 is 8.42 Å². The van der Waals surface area contributed by atoms with E-state index in [9.17, 15) is 8.42 Å². The molecule has 1 aliphatic rings. The molecule has 0 aliphatic carbocycles. The molecular formula is C14H12N2O2S. The van der Waals surface area contributed by atoms with Crippen LogP contribution in [-0.2, 0) is 9.84 Å². The van der Waals surface area contributed by atoms with Crippen molar-refractivity contribution in [3.05, 3.63) is 53.6 Å². The van der Waals surface area contributed by atoms with Crippen molar-refractivity contribution in [2.24, 2.45) is 0 Å². The fraction of sp³-hybridized carbons (Fsp3) is 0. The van der Waals surface area contributed by atoms with Crippen LogP contribution in [0.4, 0.5) is 11.4 Å². The van der Waals surface area contributed by atoms with Gasteiger partial charge in [0.2, 0.25) is 9.84 Å². The van der Waals surface area contributed by atoms with Crippen LogP contribution in [-0.4, -0.2) is 8.42 Å². The number of anilines is 2. The summed E-state index contributed by atoms with van der Waals surface area (Å²) in [6.45, 7) is 0. The summed E-state index contributed by atoms with van der Waals surface area (Å²) >= 11 is 0. The highest BCUT2D eigenvalue weighted by Crippen LogP contribution is 2.39. The van der Waals surface area contributed by atoms with Gasteiger partial charge in [0.15, 0.2) is 0 Å². The number of nitrogen functional groups attached to an aromatic ring is 2. The van der Waals surface area contributed by atoms with Gasteiger partial charge in [-0.05, 0) is 41.5 Å². The normalized spacial score (nSPS) is 15.9. The average Bonchev–Trinajstić information content (AvgIpc) is 2.63. The van der Waals surface area contributed by atoms with E-state index in [4.69, 9.17) is 11.5 Å². The summed E-state index contributed by atoms with van der Waals surface area (Å²) in [5.41, 5.74) is 13.6. The van der Waals surface area contributed by atoms with E-state index in [0.717, 1.165) is 0 Å². The van der Waals surface area contributed by atoms with Crippen LogP contribution < -0.4 is 11.5 Å². The first-order valence-corrected chi connectivity index (χ1v) is 7.19. The molecule has 0 radical (unpaired) electrons. The fourth-order valence-electron chi connectivity index (χ4n) is 2.13. The molecule has 2 aromatic carbocycles. The van der Waals surface area contributed by atoms with Gasteiger partial charge in [0.1, 0.15) is 0 Å². The molecule has 1 aliphatic heterocycles. The van der Waals surface area contributed by atoms with Crippen molar-refractivity contribution in [2.45, 2.75) is 4.90 Å². The molecule has 96 valence electrons. The Morgan fingerprint density at radius 3 is 2.16 bits per heavy atom. The van der Waals surface area contributed by atoms with Crippen LogP contribution in [0, 0.1) is 0 Å². The van der Waals surface area contributed by atoms with Crippen molar-refractivity contribution in [1.29, 1.82) is 0 Å². The predicted octanol–water partition coefficient (Wildman–Crippen LogP) is 2.14. The third-order valence-corrected chi connectivity index (χ3v) is 4.96. The van der Waals surface area contributed by atoms with Crippen LogP contribution in [0.1, 0.15) is 11.1 Å². The molecule has 2 aromatic rings. The second-order valence-electron chi connectivity index (χ2n) is 4.43. The van der Waals surface area contributed by atoms with Crippen molar-refractivity contribution >= 4 is 32.2 Å². The smallest absolute Gasteiger partial charge is 0.207 e. The first-order chi connectivity index (χ1) is 8.98. The van der Waals surface area contributed by atoms with Crippen LogP contribution in [0.5, 0.6) is 0 Å². The highest BCUT2D eigenvalue weighted by atomic mass is 32.2. The number of sulfone groups is 1. The quantitative estimate of drug-likeness (QED) is 0.779. The first-order valence-electron chi connectivity index (χ1n) is 5.71. The van der Waals surface area contributed by atoms with Crippen molar-refractivity contribution in [2.75, 3.05) is 11.5 Å². The van der Waals surface area contributed by atoms with Crippen LogP contribution in [0.25, 0.3) is 11.0 Å². The van der Waals surface area contributed by atoms with E-state index in [1.807, 2.05) is 0 Å². The maximum Gasteiger partial charge on any atom is 0.207 e. The monoisotopic (exact) mass is 272 g/mol. The Kier molecular flexibility index (Phi) is 2.40. The van der Waals surface area contributed by atoms with E-state index in [1.165, 1.54) is 6.07 Å². The van der Waals surface area contributed by atoms with E-state index < -0.39 is 9.84 Å². The minimum absolute atomic E-state index is 0.263. The molecule has 0 bridgehead atoms. The Morgan fingerprint density at radius 1 is 0.842 bits per heavy atom. The highest BCUT2D eigenvalue weighted by Gasteiger charge is 2.30. The molecule has 0 atom stereocenters. The number of benzene rings is 2. The second-order valence-corrected chi connectivity index (χ2v) is 6.32. The van der Waals surface area contributed by atoms with E-state index in [2.05, 4.69) is 0 Å². The molecule has 4 nitrogen and oxygen atoms in total. The third kappa shape index (κ3) is 1.79. The average molecular weight is 272 g/mol. The Hall–Kier alpha value is -2.27. The first kappa shape index (κ1) is 11.8. The van der Waals surface area contributed by atoms with Crippen molar-refractivity contribution in [3.63, 3.8) is 0 Å². The third-order valence-electron chi connectivity index (χ3n) is 3.10. The summed E-state index contributed by atoms with van der Waals surface area (Å²) in [4.78, 5) is 0.549. The maximum atomic E-state index is 12.5. The molecule has 0 saturated heterocycles. The van der Waals surface area contributed by atoms with Crippen molar-refractivity contribution in [1.82, 2.24) is 0 Å². The van der Waals surface area contributed by atoms with Gasteiger partial charge < -0.3 is 11.5 Å². The Labute approximate surface area is 111 Å². The molecule has 0 aromatic heterocycles. The van der Waals surface area contributed by atoms with Gasteiger partial charge in [-0.15, -0.1) is 0 Å². The maximum absolute atomic E-state index is 12.5. The molecular weight excluding hydrogens is 260 g/mol. The van der Waals surface area contributed by atoms with Crippen LogP contribution in [0.2, 0.25) is 0 Å². The number of hydrogen-bond donors (Lipinski definition) is 2. The molecule has 0 fully saturated rings. The topological polar surface area (TPSA) is 86.2 Å². The molecule has 0 saturated carbocycles. The lowest BCUT2D eigenvalue weighted by Crippen LogP contribution is -2.01. The molecule has 3 rings (SSSR count). The zero-order valence-electron chi connectivity index (χ0n) is 10.00. The SMILES string of the molecule is Nc1ccc(C2=Cc3ccc(N)cc3S2(=O)=O)cc1. The summed E-state index contributed by atoms with van der Waals surface area (Å²) in [7, 11) is -3.49. The van der Waals surface area contributed by atoms with Gasteiger partial charge in [-0.3, -0.25) is 0 Å². The standard InChI is InChI=1S/C14H12N2O2S/c15-11-4-1-9(2-5-11)13-7-10-3-6-12(16)8-14(10)19(13,17)18/h1-8H,15-16H2. The van der Waals surface area contributed by atoms with E-state index >= 15 is 0 Å².